The smallest absolute Gasteiger partial charge is 0.229 e. The summed E-state index contributed by atoms with van der Waals surface area (Å²) in [6.07, 6.45) is 1.75. The van der Waals surface area contributed by atoms with Crippen molar-refractivity contribution in [2.24, 2.45) is 0 Å². The molecule has 0 saturated heterocycles. The number of aryl methyl sites for hydroxylation is 3. The average molecular weight is 354 g/mol. The molecule has 4 heteroatoms. The monoisotopic (exact) mass is 354 g/mol. The summed E-state index contributed by atoms with van der Waals surface area (Å²) in [4.78, 5) is 8.91. The van der Waals surface area contributed by atoms with Crippen molar-refractivity contribution < 1.29 is 0 Å². The fourth-order valence-electron chi connectivity index (χ4n) is 3.23. The first-order valence-electron chi connectivity index (χ1n) is 9.02. The molecule has 0 amide bonds. The second kappa shape index (κ2) is 7.08. The Morgan fingerprint density at radius 3 is 2.30 bits per heavy atom. The average Bonchev–Trinajstić information content (AvgIpc) is 2.63. The lowest BCUT2D eigenvalue weighted by Gasteiger charge is -2.10. The summed E-state index contributed by atoms with van der Waals surface area (Å²) in [6, 6.07) is 20.8. The number of aromatic nitrogens is 2. The molecule has 0 saturated carbocycles. The number of benzene rings is 3. The highest BCUT2D eigenvalue weighted by atomic mass is 15.1. The van der Waals surface area contributed by atoms with Crippen LogP contribution in [0.1, 0.15) is 16.7 Å². The molecule has 0 radical (unpaired) electrons. The summed E-state index contributed by atoms with van der Waals surface area (Å²) >= 11 is 0. The summed E-state index contributed by atoms with van der Waals surface area (Å²) in [5.74, 6) is 1.32. The van der Waals surface area contributed by atoms with Crippen molar-refractivity contribution in [3.63, 3.8) is 0 Å². The molecular formula is C23H22N4. The lowest BCUT2D eigenvalue weighted by atomic mass is 10.0. The minimum atomic E-state index is 0.566. The molecule has 4 rings (SSSR count). The molecule has 0 unspecified atom stereocenters. The Kier molecular flexibility index (Phi) is 4.47. The minimum absolute atomic E-state index is 0.566. The third-order valence-electron chi connectivity index (χ3n) is 4.54. The van der Waals surface area contributed by atoms with Gasteiger partial charge >= 0.3 is 0 Å². The van der Waals surface area contributed by atoms with Crippen molar-refractivity contribution in [3.05, 3.63) is 83.6 Å². The van der Waals surface area contributed by atoms with E-state index in [2.05, 4.69) is 83.8 Å². The van der Waals surface area contributed by atoms with Gasteiger partial charge in [-0.1, -0.05) is 41.5 Å². The molecule has 3 aromatic carbocycles. The highest BCUT2D eigenvalue weighted by molar-refractivity contribution is 5.89. The maximum absolute atomic E-state index is 4.57. The van der Waals surface area contributed by atoms with Gasteiger partial charge in [0.25, 0.3) is 0 Å². The van der Waals surface area contributed by atoms with E-state index in [0.717, 1.165) is 17.2 Å². The van der Waals surface area contributed by atoms with Gasteiger partial charge in [0.2, 0.25) is 5.95 Å². The molecule has 0 aliphatic heterocycles. The SMILES string of the molecule is Cc1ccc(Nc2ccnc(Nc3ccc4c(C)cc(C)cc4c3)n2)cc1. The Hall–Kier alpha value is -3.40. The van der Waals surface area contributed by atoms with Crippen molar-refractivity contribution in [1.82, 2.24) is 9.97 Å². The van der Waals surface area contributed by atoms with E-state index in [1.165, 1.54) is 27.5 Å². The van der Waals surface area contributed by atoms with Crippen LogP contribution in [0.4, 0.5) is 23.1 Å². The van der Waals surface area contributed by atoms with Crippen molar-refractivity contribution in [2.75, 3.05) is 10.6 Å². The standard InChI is InChI=1S/C23H22N4/c1-15-4-6-19(7-5-15)25-22-10-11-24-23(27-22)26-20-8-9-21-17(3)12-16(2)13-18(21)14-20/h4-14H,1-3H3,(H2,24,25,26,27). The highest BCUT2D eigenvalue weighted by Gasteiger charge is 2.04. The Bertz CT molecular complexity index is 1100. The molecule has 1 aromatic heterocycles. The van der Waals surface area contributed by atoms with Gasteiger partial charge in [0.05, 0.1) is 0 Å². The second-order valence-corrected chi connectivity index (χ2v) is 6.90. The van der Waals surface area contributed by atoms with E-state index in [9.17, 15) is 0 Å². The van der Waals surface area contributed by atoms with Gasteiger partial charge in [-0.15, -0.1) is 0 Å². The van der Waals surface area contributed by atoms with Crippen LogP contribution in [-0.4, -0.2) is 9.97 Å². The Morgan fingerprint density at radius 1 is 0.704 bits per heavy atom. The van der Waals surface area contributed by atoms with Gasteiger partial charge in [-0.3, -0.25) is 0 Å². The first-order valence-corrected chi connectivity index (χ1v) is 9.02. The van der Waals surface area contributed by atoms with Gasteiger partial charge < -0.3 is 10.6 Å². The minimum Gasteiger partial charge on any atom is -0.340 e. The molecule has 1 heterocycles. The van der Waals surface area contributed by atoms with Gasteiger partial charge in [0.1, 0.15) is 5.82 Å². The van der Waals surface area contributed by atoms with Crippen molar-refractivity contribution in [3.8, 4) is 0 Å². The van der Waals surface area contributed by atoms with Crippen molar-refractivity contribution in [1.29, 1.82) is 0 Å². The van der Waals surface area contributed by atoms with Crippen LogP contribution in [0.15, 0.2) is 66.9 Å². The van der Waals surface area contributed by atoms with Gasteiger partial charge in [0.15, 0.2) is 0 Å². The summed E-state index contributed by atoms with van der Waals surface area (Å²) in [6.45, 7) is 6.34. The number of nitrogens with one attached hydrogen (secondary N) is 2. The molecule has 0 aliphatic rings. The first-order chi connectivity index (χ1) is 13.1. The number of rotatable bonds is 4. The molecule has 27 heavy (non-hydrogen) atoms. The quantitative estimate of drug-likeness (QED) is 0.469. The van der Waals surface area contributed by atoms with E-state index < -0.39 is 0 Å². The zero-order valence-electron chi connectivity index (χ0n) is 15.7. The number of hydrogen-bond donors (Lipinski definition) is 2. The van der Waals surface area contributed by atoms with E-state index in [0.29, 0.717) is 5.95 Å². The van der Waals surface area contributed by atoms with Crippen LogP contribution >= 0.6 is 0 Å². The normalized spacial score (nSPS) is 10.8. The summed E-state index contributed by atoms with van der Waals surface area (Å²) in [7, 11) is 0. The van der Waals surface area contributed by atoms with Crippen molar-refractivity contribution in [2.45, 2.75) is 20.8 Å². The maximum atomic E-state index is 4.57. The van der Waals surface area contributed by atoms with Crippen LogP contribution in [0, 0.1) is 20.8 Å². The zero-order chi connectivity index (χ0) is 18.8. The maximum Gasteiger partial charge on any atom is 0.229 e. The first kappa shape index (κ1) is 17.0. The van der Waals surface area contributed by atoms with Crippen molar-refractivity contribution >= 4 is 33.9 Å². The predicted molar refractivity (Wildman–Crippen MR) is 113 cm³/mol. The van der Waals surface area contributed by atoms with E-state index in [1.807, 2.05) is 18.2 Å². The predicted octanol–water partition coefficient (Wildman–Crippen LogP) is 6.04. The van der Waals surface area contributed by atoms with Crippen LogP contribution in [0.5, 0.6) is 0 Å². The Morgan fingerprint density at radius 2 is 1.48 bits per heavy atom. The Balaban J connectivity index is 1.57. The molecular weight excluding hydrogens is 332 g/mol. The number of fused-ring (bicyclic) bond motifs is 1. The van der Waals surface area contributed by atoms with Crippen LogP contribution in [0.25, 0.3) is 10.8 Å². The topological polar surface area (TPSA) is 49.8 Å². The van der Waals surface area contributed by atoms with E-state index in [4.69, 9.17) is 0 Å². The fraction of sp³-hybridized carbons (Fsp3) is 0.130. The van der Waals surface area contributed by atoms with Crippen LogP contribution in [-0.2, 0) is 0 Å². The van der Waals surface area contributed by atoms with Gasteiger partial charge in [-0.2, -0.15) is 4.98 Å². The third kappa shape index (κ3) is 3.90. The largest absolute Gasteiger partial charge is 0.340 e. The summed E-state index contributed by atoms with van der Waals surface area (Å²) in [5, 5.41) is 9.10. The number of hydrogen-bond acceptors (Lipinski definition) is 4. The van der Waals surface area contributed by atoms with Crippen LogP contribution in [0.2, 0.25) is 0 Å². The lowest BCUT2D eigenvalue weighted by Crippen LogP contribution is -2.00. The van der Waals surface area contributed by atoms with Gasteiger partial charge in [0, 0.05) is 17.6 Å². The number of anilines is 4. The zero-order valence-corrected chi connectivity index (χ0v) is 15.7. The van der Waals surface area contributed by atoms with E-state index in [-0.39, 0.29) is 0 Å². The third-order valence-corrected chi connectivity index (χ3v) is 4.54. The van der Waals surface area contributed by atoms with Gasteiger partial charge in [-0.05, 0) is 67.4 Å². The molecule has 0 bridgehead atoms. The molecule has 134 valence electrons. The van der Waals surface area contributed by atoms with Gasteiger partial charge in [-0.25, -0.2) is 4.98 Å². The summed E-state index contributed by atoms with van der Waals surface area (Å²) in [5.41, 5.74) is 5.75. The molecule has 0 aliphatic carbocycles. The van der Waals surface area contributed by atoms with E-state index in [1.54, 1.807) is 6.20 Å². The molecule has 4 aromatic rings. The molecule has 4 nitrogen and oxygen atoms in total. The Labute approximate surface area is 159 Å². The molecule has 0 fully saturated rings. The van der Waals surface area contributed by atoms with Crippen LogP contribution in [0.3, 0.4) is 0 Å². The number of nitrogens with zero attached hydrogens (tertiary/aromatic N) is 2. The molecule has 0 atom stereocenters. The molecule has 0 spiro atoms. The summed E-state index contributed by atoms with van der Waals surface area (Å²) < 4.78 is 0. The lowest BCUT2D eigenvalue weighted by molar-refractivity contribution is 1.17. The highest BCUT2D eigenvalue weighted by Crippen LogP contribution is 2.25. The van der Waals surface area contributed by atoms with Crippen LogP contribution < -0.4 is 10.6 Å². The van der Waals surface area contributed by atoms with E-state index >= 15 is 0 Å². The molecule has 2 N–H and O–H groups in total. The second-order valence-electron chi connectivity index (χ2n) is 6.90. The fourth-order valence-corrected chi connectivity index (χ4v) is 3.23.